The molecule has 5 rings (SSSR count). The fraction of sp³-hybridized carbons (Fsp3) is 0.214. The summed E-state index contributed by atoms with van der Waals surface area (Å²) < 4.78 is 11.0. The van der Waals surface area contributed by atoms with E-state index in [9.17, 15) is 9.59 Å². The van der Waals surface area contributed by atoms with Gasteiger partial charge in [-0.3, -0.25) is 9.59 Å². The quantitative estimate of drug-likeness (QED) is 0.417. The van der Waals surface area contributed by atoms with Crippen molar-refractivity contribution in [1.29, 1.82) is 0 Å². The summed E-state index contributed by atoms with van der Waals surface area (Å²) in [6, 6.07) is 22.0. The van der Waals surface area contributed by atoms with E-state index >= 15 is 0 Å². The van der Waals surface area contributed by atoms with Crippen LogP contribution in [0.4, 0.5) is 5.69 Å². The number of anilines is 1. The molecule has 8 nitrogen and oxygen atoms in total. The van der Waals surface area contributed by atoms with Crippen LogP contribution in [0, 0.1) is 0 Å². The minimum Gasteiger partial charge on any atom is -0.497 e. The third-order valence-electron chi connectivity index (χ3n) is 6.21. The number of nitrogens with one attached hydrogen (secondary N) is 1. The molecule has 0 fully saturated rings. The molecule has 0 bridgehead atoms. The highest BCUT2D eigenvalue weighted by atomic mass is 35.5. The number of thioether (sulfide) groups is 1. The van der Waals surface area contributed by atoms with E-state index in [0.29, 0.717) is 33.8 Å². The van der Waals surface area contributed by atoms with Crippen LogP contribution in [0.15, 0.2) is 82.9 Å². The summed E-state index contributed by atoms with van der Waals surface area (Å²) in [5, 5.41) is 9.87. The van der Waals surface area contributed by atoms with Gasteiger partial charge in [0.25, 0.3) is 5.91 Å². The number of nitrogens with zero attached hydrogens (tertiary/aromatic N) is 3. The van der Waals surface area contributed by atoms with Crippen LogP contribution in [0.2, 0.25) is 5.02 Å². The lowest BCUT2D eigenvalue weighted by atomic mass is 9.98. The highest BCUT2D eigenvalue weighted by molar-refractivity contribution is 8.15. The predicted molar refractivity (Wildman–Crippen MR) is 150 cm³/mol. The number of amidine groups is 1. The van der Waals surface area contributed by atoms with E-state index in [1.54, 1.807) is 31.4 Å². The van der Waals surface area contributed by atoms with Gasteiger partial charge in [-0.05, 0) is 48.0 Å². The number of halogens is 1. The Labute approximate surface area is 229 Å². The molecule has 3 aromatic rings. The number of hydrogen-bond acceptors (Lipinski definition) is 7. The minimum absolute atomic E-state index is 0.00133. The smallest absolute Gasteiger partial charge is 0.262 e. The zero-order chi connectivity index (χ0) is 26.6. The second-order valence-corrected chi connectivity index (χ2v) is 10.3. The Hall–Kier alpha value is -3.82. The van der Waals surface area contributed by atoms with Crippen LogP contribution in [-0.4, -0.2) is 47.2 Å². The molecular formula is C28H25ClN4O4S. The highest BCUT2D eigenvalue weighted by Crippen LogP contribution is 2.40. The van der Waals surface area contributed by atoms with Gasteiger partial charge in [0.2, 0.25) is 5.91 Å². The van der Waals surface area contributed by atoms with E-state index in [2.05, 4.69) is 10.3 Å². The summed E-state index contributed by atoms with van der Waals surface area (Å²) in [5.74, 6) is 0.717. The van der Waals surface area contributed by atoms with Crippen molar-refractivity contribution in [2.45, 2.75) is 24.1 Å². The zero-order valence-corrected chi connectivity index (χ0v) is 22.3. The number of carbonyl (C=O) groups excluding carboxylic acids is 2. The van der Waals surface area contributed by atoms with Gasteiger partial charge in [0, 0.05) is 29.1 Å². The first-order valence-corrected chi connectivity index (χ1v) is 13.2. The molecule has 0 spiro atoms. The fourth-order valence-electron chi connectivity index (χ4n) is 4.37. The molecule has 0 radical (unpaired) electrons. The van der Waals surface area contributed by atoms with E-state index in [1.807, 2.05) is 60.7 Å². The molecule has 0 saturated carbocycles. The third kappa shape index (κ3) is 5.54. The van der Waals surface area contributed by atoms with Gasteiger partial charge in [-0.1, -0.05) is 53.7 Å². The molecule has 2 heterocycles. The molecule has 2 amide bonds. The summed E-state index contributed by atoms with van der Waals surface area (Å²) >= 11 is 7.56. The number of hydrogen-bond donors (Lipinski definition) is 1. The second-order valence-electron chi connectivity index (χ2n) is 8.69. The van der Waals surface area contributed by atoms with E-state index in [1.165, 1.54) is 11.8 Å². The lowest BCUT2D eigenvalue weighted by Crippen LogP contribution is -2.25. The topological polar surface area (TPSA) is 92.6 Å². The highest BCUT2D eigenvalue weighted by Gasteiger charge is 2.39. The van der Waals surface area contributed by atoms with E-state index in [-0.39, 0.29) is 24.3 Å². The molecule has 38 heavy (non-hydrogen) atoms. The van der Waals surface area contributed by atoms with Crippen LogP contribution in [-0.2, 0) is 9.59 Å². The largest absolute Gasteiger partial charge is 0.497 e. The predicted octanol–water partition coefficient (Wildman–Crippen LogP) is 5.54. The van der Waals surface area contributed by atoms with Crippen molar-refractivity contribution in [3.8, 4) is 11.5 Å². The molecule has 1 N–H and O–H groups in total. The average Bonchev–Trinajstić information content (AvgIpc) is 3.52. The van der Waals surface area contributed by atoms with Crippen LogP contribution < -0.4 is 14.8 Å². The van der Waals surface area contributed by atoms with E-state index in [0.717, 1.165) is 16.8 Å². The number of aliphatic imine (C=N–C) groups is 1. The Morgan fingerprint density at radius 3 is 2.63 bits per heavy atom. The SMILES string of the molecule is COc1ccc(OC)c(C2=NN(C3=NC(=O)[C@@H](CC(=O)Nc4ccccc4)S3)[C@H](c3cccc(Cl)c3)C2)c1. The summed E-state index contributed by atoms with van der Waals surface area (Å²) in [5.41, 5.74) is 3.15. The van der Waals surface area contributed by atoms with Crippen molar-refractivity contribution in [2.24, 2.45) is 10.1 Å². The fourth-order valence-corrected chi connectivity index (χ4v) is 5.63. The molecule has 0 unspecified atom stereocenters. The first kappa shape index (κ1) is 25.8. The maximum absolute atomic E-state index is 12.8. The van der Waals surface area contributed by atoms with Gasteiger partial charge in [0.05, 0.1) is 26.0 Å². The third-order valence-corrected chi connectivity index (χ3v) is 7.59. The molecular weight excluding hydrogens is 524 g/mol. The molecule has 10 heteroatoms. The Morgan fingerprint density at radius 1 is 1.08 bits per heavy atom. The first-order valence-electron chi connectivity index (χ1n) is 11.9. The Kier molecular flexibility index (Phi) is 7.67. The van der Waals surface area contributed by atoms with Crippen molar-refractivity contribution >= 4 is 51.7 Å². The lowest BCUT2D eigenvalue weighted by Gasteiger charge is -2.23. The number of amides is 2. The van der Waals surface area contributed by atoms with Crippen LogP contribution in [0.25, 0.3) is 0 Å². The Balaban J connectivity index is 1.42. The summed E-state index contributed by atoms with van der Waals surface area (Å²) in [6.07, 6.45) is 0.526. The van der Waals surface area contributed by atoms with Crippen LogP contribution in [0.3, 0.4) is 0 Å². The number of benzene rings is 3. The molecule has 2 atom stereocenters. The monoisotopic (exact) mass is 548 g/mol. The van der Waals surface area contributed by atoms with Gasteiger partial charge >= 0.3 is 0 Å². The number of methoxy groups -OCH3 is 2. The number of rotatable bonds is 7. The van der Waals surface area contributed by atoms with E-state index in [4.69, 9.17) is 26.2 Å². The molecule has 194 valence electrons. The Bertz CT molecular complexity index is 1430. The average molecular weight is 549 g/mol. The summed E-state index contributed by atoms with van der Waals surface area (Å²) in [7, 11) is 3.21. The number of ether oxygens (including phenoxy) is 2. The number of hydrazone groups is 1. The van der Waals surface area contributed by atoms with Crippen LogP contribution >= 0.6 is 23.4 Å². The maximum atomic E-state index is 12.8. The maximum Gasteiger partial charge on any atom is 0.262 e. The standard InChI is InChI=1S/C28H25ClN4O4S/c1-36-20-11-12-24(37-2)21(14-20)22-15-23(17-7-6-8-18(29)13-17)33(32-22)28-31-27(35)25(38-28)16-26(34)30-19-9-4-3-5-10-19/h3-14,23,25H,15-16H2,1-2H3,(H,30,34)/t23-,25+/m0/s1. The molecule has 0 aromatic heterocycles. The summed E-state index contributed by atoms with van der Waals surface area (Å²) in [4.78, 5) is 29.8. The molecule has 0 saturated heterocycles. The van der Waals surface area contributed by atoms with Crippen molar-refractivity contribution in [3.05, 3.63) is 88.9 Å². The van der Waals surface area contributed by atoms with Crippen molar-refractivity contribution in [1.82, 2.24) is 5.01 Å². The Morgan fingerprint density at radius 2 is 1.89 bits per heavy atom. The normalized spacial score (nSPS) is 18.7. The van der Waals surface area contributed by atoms with Gasteiger partial charge < -0.3 is 14.8 Å². The zero-order valence-electron chi connectivity index (χ0n) is 20.8. The van der Waals surface area contributed by atoms with Gasteiger partial charge in [-0.2, -0.15) is 10.1 Å². The molecule has 2 aliphatic rings. The van der Waals surface area contributed by atoms with Gasteiger partial charge in [0.1, 0.15) is 16.7 Å². The van der Waals surface area contributed by atoms with Crippen molar-refractivity contribution in [3.63, 3.8) is 0 Å². The molecule has 2 aliphatic heterocycles. The van der Waals surface area contributed by atoms with Gasteiger partial charge in [-0.25, -0.2) is 5.01 Å². The van der Waals surface area contributed by atoms with Gasteiger partial charge in [0.15, 0.2) is 5.17 Å². The van der Waals surface area contributed by atoms with E-state index < -0.39 is 5.25 Å². The van der Waals surface area contributed by atoms with Crippen LogP contribution in [0.1, 0.15) is 30.0 Å². The van der Waals surface area contributed by atoms with Crippen LogP contribution in [0.5, 0.6) is 11.5 Å². The van der Waals surface area contributed by atoms with Crippen molar-refractivity contribution in [2.75, 3.05) is 19.5 Å². The minimum atomic E-state index is -0.640. The second kappa shape index (κ2) is 11.3. The first-order chi connectivity index (χ1) is 18.4. The lowest BCUT2D eigenvalue weighted by molar-refractivity contribution is -0.121. The number of para-hydroxylation sites is 1. The molecule has 0 aliphatic carbocycles. The number of carbonyl (C=O) groups is 2. The van der Waals surface area contributed by atoms with Crippen molar-refractivity contribution < 1.29 is 19.1 Å². The summed E-state index contributed by atoms with van der Waals surface area (Å²) in [6.45, 7) is 0. The van der Waals surface area contributed by atoms with Gasteiger partial charge in [-0.15, -0.1) is 0 Å². The molecule has 3 aromatic carbocycles.